The molecule has 2 aromatic rings. The van der Waals surface area contributed by atoms with Crippen LogP contribution in [0.4, 0.5) is 0 Å². The molecule has 0 spiro atoms. The molecule has 0 radical (unpaired) electrons. The van der Waals surface area contributed by atoms with Crippen LogP contribution in [-0.4, -0.2) is 14.8 Å². The third kappa shape index (κ3) is 2.44. The summed E-state index contributed by atoms with van der Waals surface area (Å²) < 4.78 is 1.76. The molecule has 16 heavy (non-hydrogen) atoms. The lowest BCUT2D eigenvalue weighted by Crippen LogP contribution is -2.30. The van der Waals surface area contributed by atoms with Crippen LogP contribution in [0, 0.1) is 0 Å². The molecule has 1 unspecified atom stereocenters. The van der Waals surface area contributed by atoms with Gasteiger partial charge in [-0.15, -0.1) is 0 Å². The second kappa shape index (κ2) is 4.87. The van der Waals surface area contributed by atoms with E-state index in [9.17, 15) is 0 Å². The Morgan fingerprint density at radius 3 is 2.88 bits per heavy atom. The summed E-state index contributed by atoms with van der Waals surface area (Å²) in [5.74, 6) is 5.53. The second-order valence-electron chi connectivity index (χ2n) is 3.66. The van der Waals surface area contributed by atoms with Crippen LogP contribution in [0.1, 0.15) is 17.4 Å². The quantitative estimate of drug-likeness (QED) is 0.580. The van der Waals surface area contributed by atoms with Crippen molar-refractivity contribution in [2.24, 2.45) is 12.9 Å². The van der Waals surface area contributed by atoms with Crippen molar-refractivity contribution in [2.75, 3.05) is 0 Å². The van der Waals surface area contributed by atoms with E-state index in [0.29, 0.717) is 0 Å². The third-order valence-electron chi connectivity index (χ3n) is 2.43. The van der Waals surface area contributed by atoms with Gasteiger partial charge < -0.3 is 0 Å². The van der Waals surface area contributed by atoms with Crippen molar-refractivity contribution in [3.05, 3.63) is 48.0 Å². The fraction of sp³-hybridized carbons (Fsp3) is 0.273. The minimum absolute atomic E-state index is 0.00361. The van der Waals surface area contributed by atoms with Gasteiger partial charge in [-0.25, -0.2) is 0 Å². The molecule has 3 N–H and O–H groups in total. The van der Waals surface area contributed by atoms with Gasteiger partial charge in [-0.2, -0.15) is 5.10 Å². The maximum atomic E-state index is 5.53. The highest BCUT2D eigenvalue weighted by atomic mass is 15.3. The van der Waals surface area contributed by atoms with Gasteiger partial charge in [-0.3, -0.25) is 20.9 Å². The van der Waals surface area contributed by atoms with Gasteiger partial charge in [-0.05, 0) is 18.2 Å². The van der Waals surface area contributed by atoms with Crippen LogP contribution < -0.4 is 11.3 Å². The first-order chi connectivity index (χ1) is 7.79. The molecule has 0 saturated carbocycles. The normalized spacial score (nSPS) is 12.6. The first-order valence-electron chi connectivity index (χ1n) is 5.15. The van der Waals surface area contributed by atoms with E-state index in [1.807, 2.05) is 37.5 Å². The van der Waals surface area contributed by atoms with E-state index in [2.05, 4.69) is 15.5 Å². The topological polar surface area (TPSA) is 68.8 Å². The van der Waals surface area contributed by atoms with Crippen molar-refractivity contribution >= 4 is 0 Å². The van der Waals surface area contributed by atoms with E-state index in [1.165, 1.54) is 0 Å². The average Bonchev–Trinajstić information content (AvgIpc) is 2.74. The van der Waals surface area contributed by atoms with Gasteiger partial charge >= 0.3 is 0 Å². The van der Waals surface area contributed by atoms with E-state index in [-0.39, 0.29) is 6.04 Å². The molecule has 2 rings (SSSR count). The van der Waals surface area contributed by atoms with Crippen LogP contribution in [0.25, 0.3) is 0 Å². The van der Waals surface area contributed by atoms with Gasteiger partial charge in [0.05, 0.1) is 11.7 Å². The Hall–Kier alpha value is -1.72. The summed E-state index contributed by atoms with van der Waals surface area (Å²) >= 11 is 0. The number of nitrogens with two attached hydrogens (primary N) is 1. The molecule has 0 bridgehead atoms. The molecule has 2 aromatic heterocycles. The molecule has 84 valence electrons. The summed E-state index contributed by atoms with van der Waals surface area (Å²) in [5, 5.41) is 4.32. The largest absolute Gasteiger partial charge is 0.275 e. The van der Waals surface area contributed by atoms with Gasteiger partial charge in [0.15, 0.2) is 0 Å². The number of pyridine rings is 1. The molecule has 0 fully saturated rings. The average molecular weight is 217 g/mol. The van der Waals surface area contributed by atoms with Crippen molar-refractivity contribution in [2.45, 2.75) is 12.5 Å². The van der Waals surface area contributed by atoms with Crippen LogP contribution in [0.3, 0.4) is 0 Å². The molecule has 2 heterocycles. The highest BCUT2D eigenvalue weighted by Gasteiger charge is 2.13. The van der Waals surface area contributed by atoms with Crippen molar-refractivity contribution < 1.29 is 0 Å². The molecular formula is C11H15N5. The van der Waals surface area contributed by atoms with Crippen LogP contribution in [0.5, 0.6) is 0 Å². The van der Waals surface area contributed by atoms with E-state index >= 15 is 0 Å². The van der Waals surface area contributed by atoms with E-state index in [0.717, 1.165) is 17.8 Å². The third-order valence-corrected chi connectivity index (χ3v) is 2.43. The molecule has 0 aliphatic carbocycles. The Labute approximate surface area is 94.3 Å². The minimum Gasteiger partial charge on any atom is -0.275 e. The summed E-state index contributed by atoms with van der Waals surface area (Å²) in [6, 6.07) is 7.79. The van der Waals surface area contributed by atoms with Crippen molar-refractivity contribution in [3.63, 3.8) is 0 Å². The standard InChI is InChI=1S/C11H15N5/c1-16-7-5-10(15-16)11(14-12)8-9-4-2-3-6-13-9/h2-7,11,14H,8,12H2,1H3. The lowest BCUT2D eigenvalue weighted by atomic mass is 10.1. The minimum atomic E-state index is -0.00361. The number of aryl methyl sites for hydroxylation is 1. The molecular weight excluding hydrogens is 202 g/mol. The Morgan fingerprint density at radius 2 is 2.31 bits per heavy atom. The van der Waals surface area contributed by atoms with Crippen molar-refractivity contribution in [1.29, 1.82) is 0 Å². The SMILES string of the molecule is Cn1ccc(C(Cc2ccccn2)NN)n1. The monoisotopic (exact) mass is 217 g/mol. The summed E-state index contributed by atoms with van der Waals surface area (Å²) in [7, 11) is 1.89. The summed E-state index contributed by atoms with van der Waals surface area (Å²) in [6.45, 7) is 0. The maximum Gasteiger partial charge on any atom is 0.0811 e. The number of hydrogen-bond donors (Lipinski definition) is 2. The summed E-state index contributed by atoms with van der Waals surface area (Å²) in [5.41, 5.74) is 4.69. The van der Waals surface area contributed by atoms with Crippen LogP contribution in [-0.2, 0) is 13.5 Å². The Morgan fingerprint density at radius 1 is 1.44 bits per heavy atom. The van der Waals surface area contributed by atoms with Crippen LogP contribution in [0.2, 0.25) is 0 Å². The molecule has 5 nitrogen and oxygen atoms in total. The Bertz CT molecular complexity index is 437. The highest BCUT2D eigenvalue weighted by molar-refractivity contribution is 5.12. The van der Waals surface area contributed by atoms with E-state index in [4.69, 9.17) is 5.84 Å². The first kappa shape index (κ1) is 10.8. The highest BCUT2D eigenvalue weighted by Crippen LogP contribution is 2.13. The number of hydrazine groups is 1. The number of nitrogens with one attached hydrogen (secondary N) is 1. The van der Waals surface area contributed by atoms with Crippen molar-refractivity contribution in [3.8, 4) is 0 Å². The van der Waals surface area contributed by atoms with Gasteiger partial charge in [0.25, 0.3) is 0 Å². The molecule has 0 amide bonds. The number of hydrogen-bond acceptors (Lipinski definition) is 4. The summed E-state index contributed by atoms with van der Waals surface area (Å²) in [4.78, 5) is 4.27. The zero-order chi connectivity index (χ0) is 11.4. The lowest BCUT2D eigenvalue weighted by molar-refractivity contribution is 0.524. The van der Waals surface area contributed by atoms with E-state index < -0.39 is 0 Å². The predicted molar refractivity (Wildman–Crippen MR) is 61.2 cm³/mol. The molecule has 0 aliphatic rings. The number of rotatable bonds is 4. The van der Waals surface area contributed by atoms with E-state index in [1.54, 1.807) is 10.9 Å². The number of nitrogens with zero attached hydrogens (tertiary/aromatic N) is 3. The van der Waals surface area contributed by atoms with Gasteiger partial charge in [0.1, 0.15) is 0 Å². The van der Waals surface area contributed by atoms with Gasteiger partial charge in [0, 0.05) is 31.6 Å². The lowest BCUT2D eigenvalue weighted by Gasteiger charge is -2.12. The Balaban J connectivity index is 2.12. The van der Waals surface area contributed by atoms with Gasteiger partial charge in [-0.1, -0.05) is 6.07 Å². The van der Waals surface area contributed by atoms with Gasteiger partial charge in [0.2, 0.25) is 0 Å². The second-order valence-corrected chi connectivity index (χ2v) is 3.66. The Kier molecular flexibility index (Phi) is 3.28. The zero-order valence-electron chi connectivity index (χ0n) is 9.17. The number of aromatic nitrogens is 3. The summed E-state index contributed by atoms with van der Waals surface area (Å²) in [6.07, 6.45) is 4.41. The first-order valence-corrected chi connectivity index (χ1v) is 5.15. The predicted octanol–water partition coefficient (Wildman–Crippen LogP) is 0.562. The van der Waals surface area contributed by atoms with Crippen LogP contribution in [0.15, 0.2) is 36.7 Å². The maximum absolute atomic E-state index is 5.53. The fourth-order valence-electron chi connectivity index (χ4n) is 1.60. The molecule has 0 saturated heterocycles. The fourth-order valence-corrected chi connectivity index (χ4v) is 1.60. The molecule has 0 aliphatic heterocycles. The van der Waals surface area contributed by atoms with Crippen molar-refractivity contribution in [1.82, 2.24) is 20.2 Å². The zero-order valence-corrected chi connectivity index (χ0v) is 9.17. The molecule has 5 heteroatoms. The molecule has 1 atom stereocenters. The van der Waals surface area contributed by atoms with Crippen LogP contribution >= 0.6 is 0 Å². The molecule has 0 aromatic carbocycles. The smallest absolute Gasteiger partial charge is 0.0811 e.